The molecule has 3 aliphatic heterocycles. The number of hydrogen-bond donors (Lipinski definition) is 0. The van der Waals surface area contributed by atoms with E-state index in [1.165, 1.54) is 9.80 Å². The quantitative estimate of drug-likeness (QED) is 0.768. The van der Waals surface area contributed by atoms with E-state index in [-0.39, 0.29) is 24.1 Å². The first-order valence-electron chi connectivity index (χ1n) is 8.77. The fraction of sp³-hybridized carbons (Fsp3) is 0.190. The van der Waals surface area contributed by atoms with Crippen molar-refractivity contribution >= 4 is 23.3 Å². The minimum atomic E-state index is -1.60. The summed E-state index contributed by atoms with van der Waals surface area (Å²) in [5.74, 6) is -0.865. The molecular weight excluding hydrogens is 344 g/mol. The number of para-hydroxylation sites is 1. The lowest BCUT2D eigenvalue weighted by Gasteiger charge is -2.45. The second kappa shape index (κ2) is 5.62. The maximum absolute atomic E-state index is 13.4. The zero-order valence-electron chi connectivity index (χ0n) is 14.4. The van der Waals surface area contributed by atoms with E-state index in [4.69, 9.17) is 4.74 Å². The van der Waals surface area contributed by atoms with Crippen molar-refractivity contribution in [2.24, 2.45) is 0 Å². The first-order valence-corrected chi connectivity index (χ1v) is 8.77. The highest BCUT2D eigenvalue weighted by molar-refractivity contribution is 6.16. The molecule has 2 bridgehead atoms. The first kappa shape index (κ1) is 16.0. The molecule has 0 saturated carbocycles. The summed E-state index contributed by atoms with van der Waals surface area (Å²) in [7, 11) is 0. The predicted octanol–water partition coefficient (Wildman–Crippen LogP) is 1.91. The zero-order valence-corrected chi connectivity index (χ0v) is 14.4. The Morgan fingerprint density at radius 3 is 2.56 bits per heavy atom. The van der Waals surface area contributed by atoms with E-state index >= 15 is 0 Å². The van der Waals surface area contributed by atoms with Gasteiger partial charge in [-0.25, -0.2) is 0 Å². The minimum absolute atomic E-state index is 0.0696. The van der Waals surface area contributed by atoms with Crippen LogP contribution in [0.4, 0.5) is 5.69 Å². The van der Waals surface area contributed by atoms with Gasteiger partial charge in [-0.05, 0) is 29.8 Å². The van der Waals surface area contributed by atoms with Crippen LogP contribution in [-0.4, -0.2) is 40.9 Å². The fourth-order valence-electron chi connectivity index (χ4n) is 3.97. The molecule has 0 radical (unpaired) electrons. The lowest BCUT2D eigenvalue weighted by atomic mass is 9.98. The largest absolute Gasteiger partial charge is 0.328 e. The third-order valence-corrected chi connectivity index (χ3v) is 5.19. The number of hydrogen-bond acceptors (Lipinski definition) is 4. The minimum Gasteiger partial charge on any atom is -0.328 e. The van der Waals surface area contributed by atoms with E-state index in [1.807, 2.05) is 30.3 Å². The molecule has 2 aromatic carbocycles. The molecule has 1 spiro atoms. The van der Waals surface area contributed by atoms with Crippen molar-refractivity contribution in [1.29, 1.82) is 0 Å². The number of nitrogens with zero attached hydrogens (tertiary/aromatic N) is 2. The van der Waals surface area contributed by atoms with Crippen LogP contribution in [-0.2, 0) is 20.9 Å². The lowest BCUT2D eigenvalue weighted by molar-refractivity contribution is -0.162. The van der Waals surface area contributed by atoms with Crippen molar-refractivity contribution in [3.8, 4) is 0 Å². The van der Waals surface area contributed by atoms with Crippen molar-refractivity contribution < 1.29 is 19.1 Å². The Hall–Kier alpha value is -3.25. The van der Waals surface area contributed by atoms with Gasteiger partial charge in [-0.3, -0.25) is 19.3 Å². The van der Waals surface area contributed by atoms with Crippen molar-refractivity contribution in [3.63, 3.8) is 0 Å². The molecule has 2 unspecified atom stereocenters. The Morgan fingerprint density at radius 1 is 1.00 bits per heavy atom. The number of ketones is 1. The number of ether oxygens (including phenoxy) is 1. The number of anilines is 1. The highest BCUT2D eigenvalue weighted by atomic mass is 16.5. The molecule has 1 saturated heterocycles. The van der Waals surface area contributed by atoms with Crippen LogP contribution in [0.1, 0.15) is 15.9 Å². The average Bonchev–Trinajstić information content (AvgIpc) is 3.08. The monoisotopic (exact) mass is 360 g/mol. The number of benzene rings is 2. The van der Waals surface area contributed by atoms with E-state index in [2.05, 4.69) is 0 Å². The molecule has 3 aliphatic rings. The van der Waals surface area contributed by atoms with E-state index in [1.54, 1.807) is 36.4 Å². The summed E-state index contributed by atoms with van der Waals surface area (Å²) in [6, 6.07) is 16.3. The van der Waals surface area contributed by atoms with Gasteiger partial charge in [0.25, 0.3) is 5.91 Å². The summed E-state index contributed by atoms with van der Waals surface area (Å²) in [6.07, 6.45) is 2.25. The zero-order chi connectivity index (χ0) is 18.6. The van der Waals surface area contributed by atoms with Crippen LogP contribution in [0.15, 0.2) is 66.7 Å². The molecule has 0 aromatic heterocycles. The van der Waals surface area contributed by atoms with Gasteiger partial charge in [0, 0.05) is 12.1 Å². The SMILES string of the molecule is O=C1c2ccccc2N2C(=O)CN(Cc3ccccc3)C(=O)C23C=CC1O3. The molecule has 27 heavy (non-hydrogen) atoms. The third kappa shape index (κ3) is 2.20. The van der Waals surface area contributed by atoms with Crippen molar-refractivity contribution in [1.82, 2.24) is 4.90 Å². The molecule has 6 heteroatoms. The predicted molar refractivity (Wildman–Crippen MR) is 96.9 cm³/mol. The van der Waals surface area contributed by atoms with E-state index in [9.17, 15) is 14.4 Å². The van der Waals surface area contributed by atoms with Gasteiger partial charge >= 0.3 is 0 Å². The smallest absolute Gasteiger partial charge is 0.281 e. The van der Waals surface area contributed by atoms with Gasteiger partial charge in [-0.2, -0.15) is 0 Å². The standard InChI is InChI=1S/C21H16N2O4/c24-18-13-22(12-14-6-2-1-3-7-14)20(26)21-11-10-17(27-21)19(25)15-8-4-5-9-16(15)23(18)21/h1-11,17H,12-13H2. The number of fused-ring (bicyclic) bond motifs is 3. The lowest BCUT2D eigenvalue weighted by Crippen LogP contribution is -2.68. The summed E-state index contributed by atoms with van der Waals surface area (Å²) in [5.41, 5.74) is 0.141. The maximum Gasteiger partial charge on any atom is 0.281 e. The van der Waals surface area contributed by atoms with E-state index in [0.29, 0.717) is 17.8 Å². The van der Waals surface area contributed by atoms with E-state index in [0.717, 1.165) is 5.56 Å². The number of carbonyl (C=O) groups is 3. The van der Waals surface area contributed by atoms with Gasteiger partial charge in [0.1, 0.15) is 12.6 Å². The molecule has 2 atom stereocenters. The van der Waals surface area contributed by atoms with Gasteiger partial charge in [0.05, 0.1) is 5.69 Å². The van der Waals surface area contributed by atoms with Gasteiger partial charge in [0.15, 0.2) is 5.78 Å². The van der Waals surface area contributed by atoms with E-state index < -0.39 is 11.8 Å². The first-order chi connectivity index (χ1) is 13.1. The highest BCUT2D eigenvalue weighted by Gasteiger charge is 2.59. The summed E-state index contributed by atoms with van der Waals surface area (Å²) >= 11 is 0. The normalized spacial score (nSPS) is 26.1. The van der Waals surface area contributed by atoms with Gasteiger partial charge in [0.2, 0.25) is 11.6 Å². The topological polar surface area (TPSA) is 66.9 Å². The molecule has 5 rings (SSSR count). The van der Waals surface area contributed by atoms with Gasteiger partial charge < -0.3 is 9.64 Å². The van der Waals surface area contributed by atoms with Crippen molar-refractivity contribution in [2.45, 2.75) is 18.4 Å². The number of Topliss-reactive ketones (excluding diaryl/α,β-unsaturated/α-hetero) is 1. The van der Waals surface area contributed by atoms with Crippen LogP contribution in [0.25, 0.3) is 0 Å². The van der Waals surface area contributed by atoms with Crippen LogP contribution < -0.4 is 4.90 Å². The average molecular weight is 360 g/mol. The summed E-state index contributed by atoms with van der Waals surface area (Å²) in [4.78, 5) is 42.1. The maximum atomic E-state index is 13.4. The van der Waals surface area contributed by atoms with Crippen LogP contribution >= 0.6 is 0 Å². The molecule has 0 aliphatic carbocycles. The Kier molecular flexibility index (Phi) is 3.32. The molecule has 134 valence electrons. The Bertz CT molecular complexity index is 1000. The third-order valence-electron chi connectivity index (χ3n) is 5.19. The summed E-state index contributed by atoms with van der Waals surface area (Å²) in [6.45, 7) is 0.234. The van der Waals surface area contributed by atoms with Crippen LogP contribution in [0, 0.1) is 0 Å². The van der Waals surface area contributed by atoms with Crippen LogP contribution in [0.5, 0.6) is 0 Å². The highest BCUT2D eigenvalue weighted by Crippen LogP contribution is 2.42. The molecular formula is C21H16N2O4. The van der Waals surface area contributed by atoms with Crippen molar-refractivity contribution in [3.05, 3.63) is 77.9 Å². The van der Waals surface area contributed by atoms with Gasteiger partial charge in [-0.15, -0.1) is 0 Å². The second-order valence-corrected chi connectivity index (χ2v) is 6.85. The second-order valence-electron chi connectivity index (χ2n) is 6.85. The number of piperazine rings is 1. The Morgan fingerprint density at radius 2 is 1.74 bits per heavy atom. The number of carbonyl (C=O) groups excluding carboxylic acids is 3. The number of rotatable bonds is 2. The summed E-state index contributed by atoms with van der Waals surface area (Å²) in [5, 5.41) is 0. The Labute approximate surface area is 155 Å². The van der Waals surface area contributed by atoms with Gasteiger partial charge in [-0.1, -0.05) is 42.5 Å². The fourth-order valence-corrected chi connectivity index (χ4v) is 3.97. The molecule has 6 nitrogen and oxygen atoms in total. The molecule has 0 N–H and O–H groups in total. The summed E-state index contributed by atoms with van der Waals surface area (Å²) < 4.78 is 5.91. The van der Waals surface area contributed by atoms with Crippen LogP contribution in [0.2, 0.25) is 0 Å². The molecule has 3 heterocycles. The Balaban J connectivity index is 1.61. The number of amides is 2. The molecule has 1 fully saturated rings. The van der Waals surface area contributed by atoms with Crippen molar-refractivity contribution in [2.75, 3.05) is 11.4 Å². The van der Waals surface area contributed by atoms with Crippen LogP contribution in [0.3, 0.4) is 0 Å². The molecule has 2 aromatic rings. The molecule has 2 amide bonds.